The minimum atomic E-state index is -1.26. The molecule has 0 aromatic heterocycles. The van der Waals surface area contributed by atoms with Crippen LogP contribution in [0.15, 0.2) is 43.0 Å². The van der Waals surface area contributed by atoms with Gasteiger partial charge in [-0.3, -0.25) is 4.90 Å². The first-order chi connectivity index (χ1) is 13.3. The largest absolute Gasteiger partial charge is 0.490 e. The molecular weight excluding hydrogens is 405 g/mol. The lowest BCUT2D eigenvalue weighted by molar-refractivity contribution is -0.134. The normalized spacial score (nSPS) is 23.7. The van der Waals surface area contributed by atoms with Gasteiger partial charge < -0.3 is 14.9 Å². The molecule has 1 aromatic rings. The Morgan fingerprint density at radius 2 is 1.68 bits per heavy atom. The molecule has 152 valence electrons. The monoisotopic (exact) mass is 427 g/mol. The van der Waals surface area contributed by atoms with E-state index in [1.165, 1.54) is 12.8 Å². The molecule has 8 heteroatoms. The minimum Gasteiger partial charge on any atom is -0.490 e. The standard InChI is InChI=1S/C16H19Cl2NO.C4H4O4/c1-2-7-19-11-3-4-12(19)9-14(8-11)20-13-5-6-15(17)16(18)10-13;5-3(6)1-2-4(7)8/h2,5-6,10-12,14H,1,3-4,7-9H2;1-2H,(H,5,6)(H,7,8)/b;2-1+. The smallest absolute Gasteiger partial charge is 0.328 e. The van der Waals surface area contributed by atoms with Crippen LogP contribution in [0.25, 0.3) is 0 Å². The van der Waals surface area contributed by atoms with E-state index in [1.807, 2.05) is 18.2 Å². The maximum Gasteiger partial charge on any atom is 0.328 e. The van der Waals surface area contributed by atoms with Gasteiger partial charge in [-0.05, 0) is 37.8 Å². The highest BCUT2D eigenvalue weighted by atomic mass is 35.5. The summed E-state index contributed by atoms with van der Waals surface area (Å²) in [7, 11) is 0. The van der Waals surface area contributed by atoms with E-state index in [2.05, 4.69) is 11.5 Å². The van der Waals surface area contributed by atoms with Gasteiger partial charge in [0.25, 0.3) is 0 Å². The molecular formula is C20H23Cl2NO5. The average Bonchev–Trinajstić information content (AvgIpc) is 2.87. The molecule has 2 unspecified atom stereocenters. The third-order valence-electron chi connectivity index (χ3n) is 4.74. The number of benzene rings is 1. The molecule has 0 spiro atoms. The summed E-state index contributed by atoms with van der Waals surface area (Å²) in [6.07, 6.45) is 8.14. The SMILES string of the molecule is C=CCN1C2CCC1CC(Oc1ccc(Cl)c(Cl)c1)C2.O=C(O)/C=C/C(=O)O. The van der Waals surface area contributed by atoms with Gasteiger partial charge in [0.2, 0.25) is 0 Å². The molecule has 6 nitrogen and oxygen atoms in total. The highest BCUT2D eigenvalue weighted by Crippen LogP contribution is 2.37. The van der Waals surface area contributed by atoms with Crippen LogP contribution >= 0.6 is 23.2 Å². The zero-order valence-electron chi connectivity index (χ0n) is 15.3. The first-order valence-corrected chi connectivity index (χ1v) is 9.68. The quantitative estimate of drug-likeness (QED) is 0.520. The fraction of sp³-hybridized carbons (Fsp3) is 0.400. The van der Waals surface area contributed by atoms with Crippen LogP contribution < -0.4 is 4.74 Å². The molecule has 0 aliphatic carbocycles. The van der Waals surface area contributed by atoms with Crippen LogP contribution in [0.2, 0.25) is 10.0 Å². The second kappa shape index (κ2) is 10.5. The summed E-state index contributed by atoms with van der Waals surface area (Å²) in [4.78, 5) is 21.7. The van der Waals surface area contributed by atoms with Crippen LogP contribution in [0.5, 0.6) is 5.75 Å². The summed E-state index contributed by atoms with van der Waals surface area (Å²) < 4.78 is 6.10. The zero-order chi connectivity index (χ0) is 20.7. The van der Waals surface area contributed by atoms with Gasteiger partial charge in [-0.2, -0.15) is 0 Å². The number of aliphatic carboxylic acids is 2. The molecule has 28 heavy (non-hydrogen) atoms. The average molecular weight is 428 g/mol. The highest BCUT2D eigenvalue weighted by Gasteiger charge is 2.40. The Labute approximate surface area is 174 Å². The predicted molar refractivity (Wildman–Crippen MR) is 108 cm³/mol. The predicted octanol–water partition coefficient (Wildman–Crippen LogP) is 4.27. The lowest BCUT2D eigenvalue weighted by Crippen LogP contribution is -2.46. The summed E-state index contributed by atoms with van der Waals surface area (Å²) in [5.41, 5.74) is 0. The Hall–Kier alpha value is -2.02. The van der Waals surface area contributed by atoms with Crippen molar-refractivity contribution in [3.8, 4) is 5.75 Å². The third-order valence-corrected chi connectivity index (χ3v) is 5.48. The van der Waals surface area contributed by atoms with E-state index >= 15 is 0 Å². The van der Waals surface area contributed by atoms with E-state index in [9.17, 15) is 9.59 Å². The van der Waals surface area contributed by atoms with Gasteiger partial charge >= 0.3 is 11.9 Å². The number of halogens is 2. The molecule has 0 saturated carbocycles. The van der Waals surface area contributed by atoms with E-state index in [0.717, 1.165) is 25.1 Å². The van der Waals surface area contributed by atoms with Crippen molar-refractivity contribution >= 4 is 35.1 Å². The van der Waals surface area contributed by atoms with Crippen molar-refractivity contribution in [2.45, 2.75) is 43.9 Å². The van der Waals surface area contributed by atoms with Gasteiger partial charge in [0.15, 0.2) is 0 Å². The summed E-state index contributed by atoms with van der Waals surface area (Å²) >= 11 is 12.0. The number of rotatable bonds is 6. The lowest BCUT2D eigenvalue weighted by atomic mass is 9.99. The van der Waals surface area contributed by atoms with Crippen molar-refractivity contribution in [1.29, 1.82) is 0 Å². The first-order valence-electron chi connectivity index (χ1n) is 8.92. The van der Waals surface area contributed by atoms with Gasteiger partial charge in [0.05, 0.1) is 10.0 Å². The highest BCUT2D eigenvalue weighted by molar-refractivity contribution is 6.42. The Kier molecular flexibility index (Phi) is 8.35. The molecule has 2 aliphatic heterocycles. The molecule has 2 aliphatic rings. The Morgan fingerprint density at radius 3 is 2.14 bits per heavy atom. The van der Waals surface area contributed by atoms with E-state index in [4.69, 9.17) is 38.2 Å². The second-order valence-electron chi connectivity index (χ2n) is 6.67. The van der Waals surface area contributed by atoms with Gasteiger partial charge in [-0.25, -0.2) is 9.59 Å². The van der Waals surface area contributed by atoms with Crippen LogP contribution in [0.3, 0.4) is 0 Å². The summed E-state index contributed by atoms with van der Waals surface area (Å²) in [6, 6.07) is 6.77. The van der Waals surface area contributed by atoms with Crippen LogP contribution in [-0.4, -0.2) is 51.8 Å². The zero-order valence-corrected chi connectivity index (χ0v) is 16.8. The molecule has 2 fully saturated rings. The summed E-state index contributed by atoms with van der Waals surface area (Å²) in [5, 5.41) is 16.7. The molecule has 2 heterocycles. The number of carbonyl (C=O) groups is 2. The van der Waals surface area contributed by atoms with Crippen LogP contribution in [0.4, 0.5) is 0 Å². The number of hydrogen-bond donors (Lipinski definition) is 2. The second-order valence-corrected chi connectivity index (χ2v) is 7.48. The van der Waals surface area contributed by atoms with E-state index in [-0.39, 0.29) is 6.10 Å². The van der Waals surface area contributed by atoms with Crippen molar-refractivity contribution in [3.05, 3.63) is 53.1 Å². The Bertz CT molecular complexity index is 722. The summed E-state index contributed by atoms with van der Waals surface area (Å²) in [6.45, 7) is 4.85. The molecule has 1 aromatic carbocycles. The molecule has 0 radical (unpaired) electrons. The van der Waals surface area contributed by atoms with Crippen molar-refractivity contribution in [2.24, 2.45) is 0 Å². The van der Waals surface area contributed by atoms with Crippen molar-refractivity contribution in [2.75, 3.05) is 6.54 Å². The Morgan fingerprint density at radius 1 is 1.11 bits per heavy atom. The number of carboxylic acids is 2. The number of piperidine rings is 1. The third kappa shape index (κ3) is 6.55. The van der Waals surface area contributed by atoms with Crippen molar-refractivity contribution in [1.82, 2.24) is 4.90 Å². The Balaban J connectivity index is 0.000000300. The topological polar surface area (TPSA) is 87.1 Å². The van der Waals surface area contributed by atoms with E-state index < -0.39 is 11.9 Å². The van der Waals surface area contributed by atoms with Crippen molar-refractivity contribution in [3.63, 3.8) is 0 Å². The molecule has 3 rings (SSSR count). The van der Waals surface area contributed by atoms with Crippen LogP contribution in [0.1, 0.15) is 25.7 Å². The lowest BCUT2D eigenvalue weighted by Gasteiger charge is -2.38. The minimum absolute atomic E-state index is 0.283. The van der Waals surface area contributed by atoms with Gasteiger partial charge in [0.1, 0.15) is 11.9 Å². The first kappa shape index (κ1) is 22.3. The number of ether oxygens (including phenoxy) is 1. The maximum atomic E-state index is 9.55. The van der Waals surface area contributed by atoms with E-state index in [0.29, 0.717) is 34.3 Å². The number of nitrogens with zero attached hydrogens (tertiary/aromatic N) is 1. The van der Waals surface area contributed by atoms with Gasteiger partial charge in [-0.15, -0.1) is 6.58 Å². The van der Waals surface area contributed by atoms with E-state index in [1.54, 1.807) is 6.07 Å². The van der Waals surface area contributed by atoms with Crippen LogP contribution in [-0.2, 0) is 9.59 Å². The molecule has 2 atom stereocenters. The fourth-order valence-electron chi connectivity index (χ4n) is 3.65. The van der Waals surface area contributed by atoms with Crippen molar-refractivity contribution < 1.29 is 24.5 Å². The summed E-state index contributed by atoms with van der Waals surface area (Å²) in [5.74, 6) is -1.69. The fourth-order valence-corrected chi connectivity index (χ4v) is 3.94. The van der Waals surface area contributed by atoms with Crippen LogP contribution in [0, 0.1) is 0 Å². The number of fused-ring (bicyclic) bond motifs is 2. The van der Waals surface area contributed by atoms with Gasteiger partial charge in [-0.1, -0.05) is 29.3 Å². The van der Waals surface area contributed by atoms with Gasteiger partial charge in [0, 0.05) is 36.8 Å². The molecule has 2 N–H and O–H groups in total. The molecule has 2 bridgehead atoms. The number of hydrogen-bond acceptors (Lipinski definition) is 4. The number of carboxylic acid groups (broad SMARTS) is 2. The molecule has 0 amide bonds. The maximum absolute atomic E-state index is 9.55. The molecule has 2 saturated heterocycles.